The molecule has 74 valence electrons. The second-order valence-electron chi connectivity index (χ2n) is 3.05. The van der Waals surface area contributed by atoms with Crippen molar-refractivity contribution in [3.8, 4) is 0 Å². The third-order valence-electron chi connectivity index (χ3n) is 2.05. The fourth-order valence-electron chi connectivity index (χ4n) is 1.35. The van der Waals surface area contributed by atoms with Gasteiger partial charge in [0.25, 0.3) is 0 Å². The lowest BCUT2D eigenvalue weighted by molar-refractivity contribution is -0.118. The number of hydrogen-bond acceptors (Lipinski definition) is 2. The molecule has 1 aromatic carbocycles. The Kier molecular flexibility index (Phi) is 2.39. The molecule has 1 atom stereocenters. The Labute approximate surface area is 85.3 Å². The molecule has 0 aromatic heterocycles. The van der Waals surface area contributed by atoms with E-state index in [0.29, 0.717) is 5.56 Å². The van der Waals surface area contributed by atoms with Gasteiger partial charge in [-0.25, -0.2) is 4.39 Å². The Morgan fingerprint density at radius 1 is 1.50 bits per heavy atom. The van der Waals surface area contributed by atoms with Gasteiger partial charge in [0.05, 0.1) is 11.6 Å². The summed E-state index contributed by atoms with van der Waals surface area (Å²) < 4.78 is 13.1. The topological polar surface area (TPSA) is 41.1 Å². The number of nitrogens with one attached hydrogen (secondary N) is 2. The van der Waals surface area contributed by atoms with Crippen molar-refractivity contribution in [3.63, 3.8) is 0 Å². The van der Waals surface area contributed by atoms with E-state index in [2.05, 4.69) is 10.6 Å². The number of carbonyl (C=O) groups is 1. The summed E-state index contributed by atoms with van der Waals surface area (Å²) in [5, 5.41) is 5.64. The third-order valence-corrected chi connectivity index (χ3v) is 2.36. The van der Waals surface area contributed by atoms with Crippen molar-refractivity contribution < 1.29 is 9.18 Å². The van der Waals surface area contributed by atoms with Crippen LogP contribution in [-0.2, 0) is 4.79 Å². The maximum absolute atomic E-state index is 13.1. The van der Waals surface area contributed by atoms with E-state index in [1.807, 2.05) is 0 Å². The van der Waals surface area contributed by atoms with Crippen LogP contribution in [0.2, 0.25) is 5.02 Å². The van der Waals surface area contributed by atoms with Crippen LogP contribution in [0, 0.1) is 5.82 Å². The molecule has 1 saturated heterocycles. The van der Waals surface area contributed by atoms with Crippen LogP contribution in [0.5, 0.6) is 0 Å². The van der Waals surface area contributed by atoms with Crippen molar-refractivity contribution in [1.82, 2.24) is 10.6 Å². The molecule has 0 aliphatic carbocycles. The van der Waals surface area contributed by atoms with Crippen LogP contribution in [0.3, 0.4) is 0 Å². The smallest absolute Gasteiger partial charge is 0.235 e. The van der Waals surface area contributed by atoms with Crippen LogP contribution in [0.1, 0.15) is 11.7 Å². The number of amides is 1. The monoisotopic (exact) mass is 214 g/mol. The van der Waals surface area contributed by atoms with Crippen LogP contribution in [-0.4, -0.2) is 12.5 Å². The lowest BCUT2D eigenvalue weighted by Gasteiger charge is -2.10. The molecule has 1 amide bonds. The first-order chi connectivity index (χ1) is 6.66. The van der Waals surface area contributed by atoms with Gasteiger partial charge in [0, 0.05) is 0 Å². The largest absolute Gasteiger partial charge is 0.336 e. The molecule has 1 aromatic rings. The van der Waals surface area contributed by atoms with Gasteiger partial charge in [-0.3, -0.25) is 10.1 Å². The first-order valence-electron chi connectivity index (χ1n) is 4.14. The van der Waals surface area contributed by atoms with Gasteiger partial charge >= 0.3 is 0 Å². The minimum atomic E-state index is -0.480. The van der Waals surface area contributed by atoms with Gasteiger partial charge in [-0.15, -0.1) is 0 Å². The number of carbonyl (C=O) groups excluding carboxylic acids is 1. The molecule has 0 spiro atoms. The van der Waals surface area contributed by atoms with Gasteiger partial charge in [-0.2, -0.15) is 0 Å². The average Bonchev–Trinajstić information content (AvgIpc) is 2.57. The molecule has 14 heavy (non-hydrogen) atoms. The number of rotatable bonds is 1. The second kappa shape index (κ2) is 3.55. The standard InChI is InChI=1S/C9H8ClFN2O/c10-6-2-1-5(3-7(6)11)9-12-4-8(14)13-9/h1-3,9,12H,4H2,(H,13,14). The summed E-state index contributed by atoms with van der Waals surface area (Å²) in [6, 6.07) is 4.46. The molecular formula is C9H8ClFN2O. The predicted molar refractivity (Wildman–Crippen MR) is 50.3 cm³/mol. The summed E-state index contributed by atoms with van der Waals surface area (Å²) in [4.78, 5) is 10.9. The fraction of sp³-hybridized carbons (Fsp3) is 0.222. The van der Waals surface area contributed by atoms with Crippen LogP contribution < -0.4 is 10.6 Å². The molecule has 0 radical (unpaired) electrons. The van der Waals surface area contributed by atoms with Crippen LogP contribution in [0.15, 0.2) is 18.2 Å². The number of halogens is 2. The van der Waals surface area contributed by atoms with Crippen molar-refractivity contribution in [2.45, 2.75) is 6.17 Å². The highest BCUT2D eigenvalue weighted by atomic mass is 35.5. The summed E-state index contributed by atoms with van der Waals surface area (Å²) in [6.45, 7) is 0.259. The minimum absolute atomic E-state index is 0.0815. The molecule has 2 N–H and O–H groups in total. The van der Waals surface area contributed by atoms with E-state index in [1.54, 1.807) is 6.07 Å². The molecule has 3 nitrogen and oxygen atoms in total. The van der Waals surface area contributed by atoms with E-state index in [0.717, 1.165) is 0 Å². The summed E-state index contributed by atoms with van der Waals surface area (Å²) in [6.07, 6.45) is -0.311. The Morgan fingerprint density at radius 2 is 2.29 bits per heavy atom. The zero-order valence-electron chi connectivity index (χ0n) is 7.18. The molecule has 2 rings (SSSR count). The third kappa shape index (κ3) is 1.71. The Hall–Kier alpha value is -1.13. The van der Waals surface area contributed by atoms with Gasteiger partial charge in [-0.05, 0) is 17.7 Å². The van der Waals surface area contributed by atoms with Gasteiger partial charge in [-0.1, -0.05) is 17.7 Å². The minimum Gasteiger partial charge on any atom is -0.336 e. The van der Waals surface area contributed by atoms with Crippen molar-refractivity contribution >= 4 is 17.5 Å². The average molecular weight is 215 g/mol. The molecule has 1 aliphatic heterocycles. The summed E-state index contributed by atoms with van der Waals surface area (Å²) in [5.41, 5.74) is 0.665. The fourth-order valence-corrected chi connectivity index (χ4v) is 1.47. The highest BCUT2D eigenvalue weighted by Gasteiger charge is 2.21. The highest BCUT2D eigenvalue weighted by molar-refractivity contribution is 6.30. The second-order valence-corrected chi connectivity index (χ2v) is 3.46. The molecule has 1 heterocycles. The Bertz CT molecular complexity index is 383. The quantitative estimate of drug-likeness (QED) is 0.738. The molecule has 1 unspecified atom stereocenters. The van der Waals surface area contributed by atoms with Gasteiger partial charge < -0.3 is 5.32 Å². The first-order valence-corrected chi connectivity index (χ1v) is 4.52. The summed E-state index contributed by atoms with van der Waals surface area (Å²) in [7, 11) is 0. The first kappa shape index (κ1) is 9.43. The molecular weight excluding hydrogens is 207 g/mol. The normalized spacial score (nSPS) is 21.0. The highest BCUT2D eigenvalue weighted by Crippen LogP contribution is 2.20. The van der Waals surface area contributed by atoms with Crippen molar-refractivity contribution in [2.24, 2.45) is 0 Å². The van der Waals surface area contributed by atoms with Crippen LogP contribution in [0.4, 0.5) is 4.39 Å². The van der Waals surface area contributed by atoms with Crippen molar-refractivity contribution in [2.75, 3.05) is 6.54 Å². The zero-order chi connectivity index (χ0) is 10.1. The SMILES string of the molecule is O=C1CNC(c2ccc(Cl)c(F)c2)N1. The maximum atomic E-state index is 13.1. The Balaban J connectivity index is 2.24. The van der Waals surface area contributed by atoms with Gasteiger partial charge in [0.2, 0.25) is 5.91 Å². The lowest BCUT2D eigenvalue weighted by Crippen LogP contribution is -2.22. The predicted octanol–water partition coefficient (Wildman–Crippen LogP) is 1.20. The van der Waals surface area contributed by atoms with Crippen molar-refractivity contribution in [1.29, 1.82) is 0 Å². The van der Waals surface area contributed by atoms with E-state index >= 15 is 0 Å². The van der Waals surface area contributed by atoms with Crippen LogP contribution >= 0.6 is 11.6 Å². The summed E-state index contributed by atoms with van der Waals surface area (Å²) >= 11 is 5.53. The van der Waals surface area contributed by atoms with Crippen molar-refractivity contribution in [3.05, 3.63) is 34.6 Å². The zero-order valence-corrected chi connectivity index (χ0v) is 7.94. The van der Waals surface area contributed by atoms with Crippen LogP contribution in [0.25, 0.3) is 0 Å². The molecule has 1 fully saturated rings. The maximum Gasteiger partial charge on any atom is 0.235 e. The van der Waals surface area contributed by atoms with Gasteiger partial charge in [0.1, 0.15) is 12.0 Å². The van der Waals surface area contributed by atoms with E-state index in [4.69, 9.17) is 11.6 Å². The molecule has 0 saturated carbocycles. The van der Waals surface area contributed by atoms with Gasteiger partial charge in [0.15, 0.2) is 0 Å². The molecule has 0 bridgehead atoms. The Morgan fingerprint density at radius 3 is 2.86 bits per heavy atom. The number of hydrogen-bond donors (Lipinski definition) is 2. The molecule has 5 heteroatoms. The lowest BCUT2D eigenvalue weighted by atomic mass is 10.2. The van der Waals surface area contributed by atoms with E-state index in [9.17, 15) is 9.18 Å². The van der Waals surface area contributed by atoms with E-state index < -0.39 is 5.82 Å². The number of benzene rings is 1. The van der Waals surface area contributed by atoms with E-state index in [1.165, 1.54) is 12.1 Å². The van der Waals surface area contributed by atoms with E-state index in [-0.39, 0.29) is 23.6 Å². The molecule has 1 aliphatic rings. The summed E-state index contributed by atoms with van der Waals surface area (Å²) in [5.74, 6) is -0.572.